The molecule has 0 amide bonds. The van der Waals surface area contributed by atoms with Gasteiger partial charge in [-0.1, -0.05) is 91.0 Å². The Morgan fingerprint density at radius 1 is 0.696 bits per heavy atom. The third-order valence-electron chi connectivity index (χ3n) is 4.38. The van der Waals surface area contributed by atoms with E-state index in [1.54, 1.807) is 0 Å². The quantitative estimate of drug-likeness (QED) is 0.620. The highest BCUT2D eigenvalue weighted by Gasteiger charge is 2.23. The van der Waals surface area contributed by atoms with E-state index in [0.29, 0.717) is 0 Å². The highest BCUT2D eigenvalue weighted by molar-refractivity contribution is 5.73. The van der Waals surface area contributed by atoms with Crippen molar-refractivity contribution in [3.8, 4) is 0 Å². The zero-order chi connectivity index (χ0) is 15.5. The van der Waals surface area contributed by atoms with Gasteiger partial charge in [0.1, 0.15) is 0 Å². The fraction of sp³-hybridized carbons (Fsp3) is 0.0909. The Hall–Kier alpha value is -2.80. The summed E-state index contributed by atoms with van der Waals surface area (Å²) in [6, 6.07) is 30.3. The number of hydrogen-bond donors (Lipinski definition) is 0. The molecule has 112 valence electrons. The first-order chi connectivity index (χ1) is 11.4. The third-order valence-corrected chi connectivity index (χ3v) is 4.38. The minimum absolute atomic E-state index is 0.270. The number of nitrogens with zero attached hydrogens (tertiary/aromatic N) is 1. The van der Waals surface area contributed by atoms with Gasteiger partial charge in [0, 0.05) is 12.2 Å². The SMILES string of the molecule is C1=C[C@H](c2ccccc2)N(Cc2ccccc2)c2ccccc21. The molecule has 0 aromatic heterocycles. The van der Waals surface area contributed by atoms with Crippen LogP contribution in [0.2, 0.25) is 0 Å². The fourth-order valence-corrected chi connectivity index (χ4v) is 3.24. The van der Waals surface area contributed by atoms with Crippen LogP contribution in [0.4, 0.5) is 5.69 Å². The van der Waals surface area contributed by atoms with E-state index in [1.165, 1.54) is 22.4 Å². The van der Waals surface area contributed by atoms with E-state index in [4.69, 9.17) is 0 Å². The van der Waals surface area contributed by atoms with E-state index in [2.05, 4.69) is 102 Å². The Labute approximate surface area is 137 Å². The molecule has 0 saturated heterocycles. The monoisotopic (exact) mass is 297 g/mol. The predicted octanol–water partition coefficient (Wildman–Crippen LogP) is 5.46. The lowest BCUT2D eigenvalue weighted by atomic mass is 9.96. The van der Waals surface area contributed by atoms with Gasteiger partial charge in [-0.2, -0.15) is 0 Å². The largest absolute Gasteiger partial charge is 0.356 e. The van der Waals surface area contributed by atoms with Gasteiger partial charge in [0.15, 0.2) is 0 Å². The second-order valence-corrected chi connectivity index (χ2v) is 5.89. The number of rotatable bonds is 3. The van der Waals surface area contributed by atoms with E-state index >= 15 is 0 Å². The van der Waals surface area contributed by atoms with Gasteiger partial charge in [-0.25, -0.2) is 0 Å². The van der Waals surface area contributed by atoms with Crippen LogP contribution >= 0.6 is 0 Å². The fourth-order valence-electron chi connectivity index (χ4n) is 3.24. The molecule has 1 aliphatic rings. The summed E-state index contributed by atoms with van der Waals surface area (Å²) in [5.74, 6) is 0. The molecule has 0 aliphatic carbocycles. The maximum Gasteiger partial charge on any atom is 0.0733 e. The van der Waals surface area contributed by atoms with Gasteiger partial charge in [-0.3, -0.25) is 0 Å². The van der Waals surface area contributed by atoms with Gasteiger partial charge in [-0.05, 0) is 22.8 Å². The number of hydrogen-bond acceptors (Lipinski definition) is 1. The molecule has 23 heavy (non-hydrogen) atoms. The van der Waals surface area contributed by atoms with Crippen LogP contribution in [0.15, 0.2) is 91.0 Å². The molecule has 3 aromatic rings. The van der Waals surface area contributed by atoms with Gasteiger partial charge in [0.25, 0.3) is 0 Å². The molecule has 3 aromatic carbocycles. The Balaban J connectivity index is 1.77. The normalized spacial score (nSPS) is 16.2. The van der Waals surface area contributed by atoms with Crippen molar-refractivity contribution in [2.75, 3.05) is 4.90 Å². The molecule has 0 unspecified atom stereocenters. The average molecular weight is 297 g/mol. The first kappa shape index (κ1) is 13.8. The van der Waals surface area contributed by atoms with E-state index in [9.17, 15) is 0 Å². The van der Waals surface area contributed by atoms with Gasteiger partial charge in [-0.15, -0.1) is 0 Å². The lowest BCUT2D eigenvalue weighted by Gasteiger charge is -2.36. The first-order valence-corrected chi connectivity index (χ1v) is 8.04. The molecule has 1 nitrogen and oxygen atoms in total. The minimum atomic E-state index is 0.270. The average Bonchev–Trinajstić information content (AvgIpc) is 2.64. The summed E-state index contributed by atoms with van der Waals surface area (Å²) in [5, 5.41) is 0. The van der Waals surface area contributed by atoms with Crippen molar-refractivity contribution in [1.29, 1.82) is 0 Å². The van der Waals surface area contributed by atoms with Crippen molar-refractivity contribution in [3.63, 3.8) is 0 Å². The Bertz CT molecular complexity index is 806. The Kier molecular flexibility index (Phi) is 3.69. The zero-order valence-corrected chi connectivity index (χ0v) is 13.0. The molecule has 0 fully saturated rings. The maximum atomic E-state index is 2.49. The van der Waals surface area contributed by atoms with E-state index in [1.807, 2.05) is 0 Å². The van der Waals surface area contributed by atoms with Gasteiger partial charge >= 0.3 is 0 Å². The summed E-state index contributed by atoms with van der Waals surface area (Å²) in [4.78, 5) is 2.49. The lowest BCUT2D eigenvalue weighted by Crippen LogP contribution is -2.29. The maximum absolute atomic E-state index is 2.49. The van der Waals surface area contributed by atoms with Gasteiger partial charge in [0.05, 0.1) is 6.04 Å². The summed E-state index contributed by atoms with van der Waals surface area (Å²) < 4.78 is 0. The van der Waals surface area contributed by atoms with Crippen molar-refractivity contribution in [3.05, 3.63) is 108 Å². The molecule has 0 radical (unpaired) electrons. The second kappa shape index (κ2) is 6.13. The van der Waals surface area contributed by atoms with Crippen molar-refractivity contribution in [1.82, 2.24) is 0 Å². The summed E-state index contributed by atoms with van der Waals surface area (Å²) in [7, 11) is 0. The van der Waals surface area contributed by atoms with Crippen LogP contribution in [0.3, 0.4) is 0 Å². The minimum Gasteiger partial charge on any atom is -0.356 e. The van der Waals surface area contributed by atoms with Crippen LogP contribution in [0.25, 0.3) is 6.08 Å². The van der Waals surface area contributed by atoms with Crippen LogP contribution in [0, 0.1) is 0 Å². The first-order valence-electron chi connectivity index (χ1n) is 8.04. The van der Waals surface area contributed by atoms with Crippen LogP contribution < -0.4 is 4.90 Å². The molecule has 0 N–H and O–H groups in total. The molecule has 0 saturated carbocycles. The molecule has 1 heterocycles. The predicted molar refractivity (Wildman–Crippen MR) is 97.3 cm³/mol. The van der Waals surface area contributed by atoms with Crippen molar-refractivity contribution in [2.24, 2.45) is 0 Å². The molecule has 1 heteroatoms. The summed E-state index contributed by atoms with van der Waals surface area (Å²) in [6.45, 7) is 0.905. The molecular formula is C22H19N. The summed E-state index contributed by atoms with van der Waals surface area (Å²) >= 11 is 0. The summed E-state index contributed by atoms with van der Waals surface area (Å²) in [6.07, 6.45) is 4.55. The smallest absolute Gasteiger partial charge is 0.0733 e. The number of para-hydroxylation sites is 1. The van der Waals surface area contributed by atoms with E-state index < -0.39 is 0 Å². The van der Waals surface area contributed by atoms with Gasteiger partial charge < -0.3 is 4.90 Å². The Morgan fingerprint density at radius 3 is 2.13 bits per heavy atom. The van der Waals surface area contributed by atoms with Crippen molar-refractivity contribution in [2.45, 2.75) is 12.6 Å². The summed E-state index contributed by atoms with van der Waals surface area (Å²) in [5.41, 5.74) is 5.25. The topological polar surface area (TPSA) is 3.24 Å². The van der Waals surface area contributed by atoms with E-state index in [0.717, 1.165) is 6.54 Å². The molecule has 4 rings (SSSR count). The molecule has 0 bridgehead atoms. The molecular weight excluding hydrogens is 278 g/mol. The van der Waals surface area contributed by atoms with Crippen LogP contribution in [-0.4, -0.2) is 0 Å². The van der Waals surface area contributed by atoms with Crippen LogP contribution in [-0.2, 0) is 6.54 Å². The Morgan fingerprint density at radius 2 is 1.35 bits per heavy atom. The number of anilines is 1. The standard InChI is InChI=1S/C22H19N/c1-3-9-18(10-4-1)17-23-21-14-8-7-13-20(21)15-16-22(23)19-11-5-2-6-12-19/h1-16,22H,17H2/t22-/m1/s1. The lowest BCUT2D eigenvalue weighted by molar-refractivity contribution is 0.717. The number of benzene rings is 3. The zero-order valence-electron chi connectivity index (χ0n) is 13.0. The van der Waals surface area contributed by atoms with Crippen molar-refractivity contribution >= 4 is 11.8 Å². The third kappa shape index (κ3) is 2.78. The number of fused-ring (bicyclic) bond motifs is 1. The van der Waals surface area contributed by atoms with Gasteiger partial charge in [0.2, 0.25) is 0 Å². The highest BCUT2D eigenvalue weighted by atomic mass is 15.2. The van der Waals surface area contributed by atoms with Crippen molar-refractivity contribution < 1.29 is 0 Å². The van der Waals surface area contributed by atoms with E-state index in [-0.39, 0.29) is 6.04 Å². The van der Waals surface area contributed by atoms with Crippen LogP contribution in [0.5, 0.6) is 0 Å². The highest BCUT2D eigenvalue weighted by Crippen LogP contribution is 2.37. The molecule has 1 atom stereocenters. The van der Waals surface area contributed by atoms with Crippen LogP contribution in [0.1, 0.15) is 22.7 Å². The molecule has 1 aliphatic heterocycles. The second-order valence-electron chi connectivity index (χ2n) is 5.89. The molecule has 0 spiro atoms.